The minimum Gasteiger partial charge on any atom is -0.482 e. The molecule has 0 fully saturated rings. The first kappa shape index (κ1) is 21.2. The van der Waals surface area contributed by atoms with Gasteiger partial charge in [-0.15, -0.1) is 11.3 Å². The van der Waals surface area contributed by atoms with Crippen LogP contribution < -0.4 is 14.9 Å². The number of hydrogen-bond donors (Lipinski definition) is 1. The molecule has 5 nitrogen and oxygen atoms in total. The number of benzene rings is 3. The summed E-state index contributed by atoms with van der Waals surface area (Å²) in [5.41, 5.74) is 7.27. The first-order valence-electron chi connectivity index (χ1n) is 10.9. The van der Waals surface area contributed by atoms with Crippen LogP contribution in [0.2, 0.25) is 0 Å². The highest BCUT2D eigenvalue weighted by molar-refractivity contribution is 7.07. The molecule has 3 aromatic carbocycles. The monoisotopic (exact) mass is 455 g/mol. The van der Waals surface area contributed by atoms with Crippen LogP contribution in [0.1, 0.15) is 29.7 Å². The molecule has 1 atom stereocenters. The SMILES string of the molecule is Cc1cc(C)cc(N=c2scc(-c3ccc4c(c3)NC(=O)CO4)n2C(C)c2ccccc2)c1. The summed E-state index contributed by atoms with van der Waals surface area (Å²) in [6, 6.07) is 22.8. The second kappa shape index (κ2) is 8.71. The number of carbonyl (C=O) groups excluding carboxylic acids is 1. The number of aryl methyl sites for hydroxylation is 2. The Balaban J connectivity index is 1.68. The number of fused-ring (bicyclic) bond motifs is 1. The predicted molar refractivity (Wildman–Crippen MR) is 133 cm³/mol. The fourth-order valence-corrected chi connectivity index (χ4v) is 5.23. The van der Waals surface area contributed by atoms with Gasteiger partial charge in [-0.05, 0) is 67.8 Å². The highest BCUT2D eigenvalue weighted by atomic mass is 32.1. The number of amides is 1. The van der Waals surface area contributed by atoms with Crippen molar-refractivity contribution >= 4 is 28.6 Å². The van der Waals surface area contributed by atoms with E-state index in [4.69, 9.17) is 9.73 Å². The van der Waals surface area contributed by atoms with Gasteiger partial charge in [-0.25, -0.2) is 4.99 Å². The smallest absolute Gasteiger partial charge is 0.262 e. The molecular formula is C27H25N3O2S. The molecule has 1 aliphatic heterocycles. The zero-order valence-corrected chi connectivity index (χ0v) is 19.6. The number of anilines is 1. The summed E-state index contributed by atoms with van der Waals surface area (Å²) in [4.78, 5) is 17.8. The quantitative estimate of drug-likeness (QED) is 0.410. The van der Waals surface area contributed by atoms with Gasteiger partial charge in [0.25, 0.3) is 5.91 Å². The molecule has 5 rings (SSSR count). The molecule has 166 valence electrons. The number of aromatic nitrogens is 1. The van der Waals surface area contributed by atoms with Crippen LogP contribution in [0.5, 0.6) is 5.75 Å². The standard InChI is InChI=1S/C27H25N3O2S/c1-17-11-18(2)13-22(12-17)28-27-30(19(3)20-7-5-4-6-8-20)24(16-33-27)21-9-10-25-23(14-21)29-26(31)15-32-25/h4-14,16,19H,15H2,1-3H3,(H,29,31). The lowest BCUT2D eigenvalue weighted by atomic mass is 10.1. The Kier molecular flexibility index (Phi) is 5.60. The third-order valence-corrected chi connectivity index (χ3v) is 6.59. The Morgan fingerprint density at radius 3 is 2.55 bits per heavy atom. The van der Waals surface area contributed by atoms with Gasteiger partial charge >= 0.3 is 0 Å². The summed E-state index contributed by atoms with van der Waals surface area (Å²) in [6.07, 6.45) is 0. The van der Waals surface area contributed by atoms with Crippen molar-refractivity contribution in [3.8, 4) is 17.0 Å². The van der Waals surface area contributed by atoms with Gasteiger partial charge in [0, 0.05) is 10.9 Å². The fraction of sp³-hybridized carbons (Fsp3) is 0.185. The first-order valence-corrected chi connectivity index (χ1v) is 11.8. The number of carbonyl (C=O) groups is 1. The van der Waals surface area contributed by atoms with Crippen LogP contribution in [0.15, 0.2) is 77.1 Å². The molecule has 1 aromatic heterocycles. The third kappa shape index (κ3) is 4.34. The molecule has 0 spiro atoms. The van der Waals surface area contributed by atoms with Crippen molar-refractivity contribution < 1.29 is 9.53 Å². The number of thiazole rings is 1. The van der Waals surface area contributed by atoms with Crippen LogP contribution in [0.25, 0.3) is 11.3 Å². The van der Waals surface area contributed by atoms with Crippen molar-refractivity contribution in [3.05, 3.63) is 93.6 Å². The molecule has 0 radical (unpaired) electrons. The van der Waals surface area contributed by atoms with Gasteiger partial charge in [-0.3, -0.25) is 4.79 Å². The summed E-state index contributed by atoms with van der Waals surface area (Å²) in [5.74, 6) is 0.553. The maximum Gasteiger partial charge on any atom is 0.262 e. The van der Waals surface area contributed by atoms with Gasteiger partial charge in [0.2, 0.25) is 0 Å². The van der Waals surface area contributed by atoms with Crippen molar-refractivity contribution in [1.82, 2.24) is 4.57 Å². The molecule has 1 unspecified atom stereocenters. The van der Waals surface area contributed by atoms with E-state index in [-0.39, 0.29) is 18.6 Å². The second-order valence-electron chi connectivity index (χ2n) is 8.37. The van der Waals surface area contributed by atoms with Crippen LogP contribution in [0.3, 0.4) is 0 Å². The van der Waals surface area contributed by atoms with E-state index in [1.54, 1.807) is 11.3 Å². The molecule has 0 saturated heterocycles. The van der Waals surface area contributed by atoms with Gasteiger partial charge in [0.15, 0.2) is 11.4 Å². The van der Waals surface area contributed by atoms with Crippen molar-refractivity contribution in [1.29, 1.82) is 0 Å². The van der Waals surface area contributed by atoms with Crippen molar-refractivity contribution in [2.75, 3.05) is 11.9 Å². The minimum atomic E-state index is -0.138. The summed E-state index contributed by atoms with van der Waals surface area (Å²) in [7, 11) is 0. The molecule has 6 heteroatoms. The van der Waals surface area contributed by atoms with E-state index in [1.807, 2.05) is 24.3 Å². The molecule has 0 saturated carbocycles. The molecular weight excluding hydrogens is 430 g/mol. The third-order valence-electron chi connectivity index (χ3n) is 5.75. The van der Waals surface area contributed by atoms with E-state index in [0.29, 0.717) is 11.4 Å². The normalized spacial score (nSPS) is 14.4. The van der Waals surface area contributed by atoms with Gasteiger partial charge in [0.1, 0.15) is 5.75 Å². The predicted octanol–water partition coefficient (Wildman–Crippen LogP) is 6.01. The highest BCUT2D eigenvalue weighted by Gasteiger charge is 2.20. The lowest BCUT2D eigenvalue weighted by molar-refractivity contribution is -0.118. The van der Waals surface area contributed by atoms with Gasteiger partial charge < -0.3 is 14.6 Å². The van der Waals surface area contributed by atoms with Crippen LogP contribution in [-0.2, 0) is 4.79 Å². The zero-order valence-electron chi connectivity index (χ0n) is 18.8. The first-order chi connectivity index (χ1) is 16.0. The fourth-order valence-electron chi connectivity index (χ4n) is 4.24. The Morgan fingerprint density at radius 1 is 1.03 bits per heavy atom. The molecule has 1 aliphatic rings. The summed E-state index contributed by atoms with van der Waals surface area (Å²) >= 11 is 1.62. The van der Waals surface area contributed by atoms with Crippen LogP contribution >= 0.6 is 11.3 Å². The Bertz CT molecular complexity index is 1380. The number of ether oxygens (including phenoxy) is 1. The van der Waals surface area contributed by atoms with Crippen molar-refractivity contribution in [3.63, 3.8) is 0 Å². The largest absolute Gasteiger partial charge is 0.482 e. The second-order valence-corrected chi connectivity index (χ2v) is 9.20. The molecule has 1 N–H and O–H groups in total. The van der Waals surface area contributed by atoms with E-state index in [2.05, 4.69) is 78.5 Å². The Hall–Kier alpha value is -3.64. The summed E-state index contributed by atoms with van der Waals surface area (Å²) in [5, 5.41) is 5.05. The van der Waals surface area contributed by atoms with Gasteiger partial charge in [-0.1, -0.05) is 36.4 Å². The lowest BCUT2D eigenvalue weighted by Gasteiger charge is -2.21. The maximum atomic E-state index is 11.8. The van der Waals surface area contributed by atoms with Crippen LogP contribution in [0.4, 0.5) is 11.4 Å². The molecule has 33 heavy (non-hydrogen) atoms. The van der Waals surface area contributed by atoms with E-state index < -0.39 is 0 Å². The topological polar surface area (TPSA) is 55.6 Å². The number of nitrogens with one attached hydrogen (secondary N) is 1. The Morgan fingerprint density at radius 2 is 1.79 bits per heavy atom. The molecule has 1 amide bonds. The summed E-state index contributed by atoms with van der Waals surface area (Å²) in [6.45, 7) is 6.43. The maximum absolute atomic E-state index is 11.8. The Labute approximate surface area is 197 Å². The molecule has 4 aromatic rings. The number of rotatable bonds is 4. The van der Waals surface area contributed by atoms with Crippen molar-refractivity contribution in [2.24, 2.45) is 4.99 Å². The number of nitrogens with zero attached hydrogens (tertiary/aromatic N) is 2. The van der Waals surface area contributed by atoms with E-state index in [0.717, 1.165) is 21.7 Å². The van der Waals surface area contributed by atoms with E-state index in [1.165, 1.54) is 16.7 Å². The van der Waals surface area contributed by atoms with Crippen LogP contribution in [0, 0.1) is 13.8 Å². The molecule has 0 bridgehead atoms. The highest BCUT2D eigenvalue weighted by Crippen LogP contribution is 2.34. The van der Waals surface area contributed by atoms with Crippen LogP contribution in [-0.4, -0.2) is 17.1 Å². The van der Waals surface area contributed by atoms with Gasteiger partial charge in [0.05, 0.1) is 23.1 Å². The average Bonchev–Trinajstić information content (AvgIpc) is 3.21. The summed E-state index contributed by atoms with van der Waals surface area (Å²) < 4.78 is 7.81. The van der Waals surface area contributed by atoms with E-state index >= 15 is 0 Å². The minimum absolute atomic E-state index is 0.0504. The van der Waals surface area contributed by atoms with Gasteiger partial charge in [-0.2, -0.15) is 0 Å². The van der Waals surface area contributed by atoms with E-state index in [9.17, 15) is 4.79 Å². The lowest BCUT2D eigenvalue weighted by Crippen LogP contribution is -2.25. The molecule has 2 heterocycles. The zero-order chi connectivity index (χ0) is 22.9. The van der Waals surface area contributed by atoms with Crippen molar-refractivity contribution in [2.45, 2.75) is 26.8 Å². The average molecular weight is 456 g/mol. The number of hydrogen-bond acceptors (Lipinski definition) is 4. The molecule has 0 aliphatic carbocycles.